The summed E-state index contributed by atoms with van der Waals surface area (Å²) in [6.07, 6.45) is 1.99. The van der Waals surface area contributed by atoms with E-state index in [9.17, 15) is 4.79 Å². The molecule has 1 heterocycles. The minimum atomic E-state index is -0.222. The molecular weight excluding hydrogens is 410 g/mol. The second-order valence-electron chi connectivity index (χ2n) is 7.53. The number of rotatable bonds is 9. The van der Waals surface area contributed by atoms with Gasteiger partial charge in [-0.25, -0.2) is 0 Å². The molecule has 1 fully saturated rings. The second kappa shape index (κ2) is 12.4. The maximum Gasteiger partial charge on any atom is 0.257 e. The van der Waals surface area contributed by atoms with E-state index in [0.717, 1.165) is 32.5 Å². The van der Waals surface area contributed by atoms with E-state index in [1.165, 1.54) is 5.56 Å². The van der Waals surface area contributed by atoms with Gasteiger partial charge in [0.25, 0.3) is 5.91 Å². The van der Waals surface area contributed by atoms with Gasteiger partial charge in [-0.05, 0) is 61.8 Å². The molecule has 1 amide bonds. The van der Waals surface area contributed by atoms with Crippen molar-refractivity contribution in [2.45, 2.75) is 32.4 Å². The highest BCUT2D eigenvalue weighted by molar-refractivity contribution is 7.80. The number of benzene rings is 2. The number of carbonyl (C=O) groups is 1. The highest BCUT2D eigenvalue weighted by atomic mass is 32.1. The van der Waals surface area contributed by atoms with Crippen LogP contribution in [0.15, 0.2) is 54.6 Å². The third-order valence-electron chi connectivity index (χ3n) is 5.22. The Morgan fingerprint density at radius 3 is 2.45 bits per heavy atom. The number of nitrogens with zero attached hydrogens (tertiary/aromatic N) is 1. The zero-order valence-electron chi connectivity index (χ0n) is 18.0. The minimum Gasteiger partial charge on any atom is -0.491 e. The summed E-state index contributed by atoms with van der Waals surface area (Å²) in [7, 11) is 0. The molecule has 1 aliphatic rings. The molecule has 0 unspecified atom stereocenters. The Morgan fingerprint density at radius 2 is 1.77 bits per heavy atom. The highest BCUT2D eigenvalue weighted by Crippen LogP contribution is 2.14. The fraction of sp³-hybridized carbons (Fsp3) is 0.417. The van der Waals surface area contributed by atoms with Gasteiger partial charge < -0.3 is 14.8 Å². The summed E-state index contributed by atoms with van der Waals surface area (Å²) in [4.78, 5) is 14.9. The van der Waals surface area contributed by atoms with Crippen molar-refractivity contribution in [2.75, 3.05) is 32.9 Å². The van der Waals surface area contributed by atoms with Crippen LogP contribution in [-0.4, -0.2) is 54.9 Å². The van der Waals surface area contributed by atoms with Crippen LogP contribution in [-0.2, 0) is 11.3 Å². The average molecular weight is 442 g/mol. The zero-order chi connectivity index (χ0) is 21.9. The number of nitrogens with one attached hydrogen (secondary N) is 2. The SMILES string of the molecule is CCOCCOc1ccc(C(=O)NC(=S)NC2CCN(Cc3ccccc3)CC2)cc1. The number of hydrogen-bond donors (Lipinski definition) is 2. The number of carbonyl (C=O) groups excluding carboxylic acids is 1. The van der Waals surface area contributed by atoms with Crippen LogP contribution in [0, 0.1) is 0 Å². The molecule has 6 nitrogen and oxygen atoms in total. The summed E-state index contributed by atoms with van der Waals surface area (Å²) in [5.74, 6) is 0.485. The van der Waals surface area contributed by atoms with Gasteiger partial charge in [0.05, 0.1) is 6.61 Å². The van der Waals surface area contributed by atoms with E-state index < -0.39 is 0 Å². The lowest BCUT2D eigenvalue weighted by Crippen LogP contribution is -2.48. The lowest BCUT2D eigenvalue weighted by Gasteiger charge is -2.32. The number of likely N-dealkylation sites (tertiary alicyclic amines) is 1. The quantitative estimate of drug-likeness (QED) is 0.460. The Morgan fingerprint density at radius 1 is 1.06 bits per heavy atom. The van der Waals surface area contributed by atoms with Gasteiger partial charge in [0.2, 0.25) is 0 Å². The van der Waals surface area contributed by atoms with Crippen LogP contribution in [0.1, 0.15) is 35.7 Å². The summed E-state index contributed by atoms with van der Waals surface area (Å²) >= 11 is 5.36. The minimum absolute atomic E-state index is 0.222. The molecule has 2 N–H and O–H groups in total. The van der Waals surface area contributed by atoms with Crippen molar-refractivity contribution in [1.82, 2.24) is 15.5 Å². The second-order valence-corrected chi connectivity index (χ2v) is 7.94. The lowest BCUT2D eigenvalue weighted by atomic mass is 10.0. The van der Waals surface area contributed by atoms with Crippen molar-refractivity contribution in [3.05, 3.63) is 65.7 Å². The van der Waals surface area contributed by atoms with Gasteiger partial charge in [-0.2, -0.15) is 0 Å². The fourth-order valence-electron chi connectivity index (χ4n) is 3.54. The number of ether oxygens (including phenoxy) is 2. The monoisotopic (exact) mass is 441 g/mol. The van der Waals surface area contributed by atoms with Crippen LogP contribution in [0.2, 0.25) is 0 Å². The molecule has 1 saturated heterocycles. The molecule has 0 saturated carbocycles. The van der Waals surface area contributed by atoms with Gasteiger partial charge in [0.15, 0.2) is 5.11 Å². The largest absolute Gasteiger partial charge is 0.491 e. The van der Waals surface area contributed by atoms with Gasteiger partial charge in [-0.1, -0.05) is 30.3 Å². The number of piperidine rings is 1. The van der Waals surface area contributed by atoms with Crippen LogP contribution in [0.4, 0.5) is 0 Å². The molecule has 3 rings (SSSR count). The Bertz CT molecular complexity index is 822. The van der Waals surface area contributed by atoms with Gasteiger partial charge in [0, 0.05) is 37.8 Å². The molecule has 0 aliphatic carbocycles. The molecule has 0 spiro atoms. The smallest absolute Gasteiger partial charge is 0.257 e. The van der Waals surface area contributed by atoms with Crippen molar-refractivity contribution in [2.24, 2.45) is 0 Å². The van der Waals surface area contributed by atoms with E-state index in [0.29, 0.717) is 36.2 Å². The fourth-order valence-corrected chi connectivity index (χ4v) is 3.80. The first-order valence-electron chi connectivity index (χ1n) is 10.8. The summed E-state index contributed by atoms with van der Waals surface area (Å²) in [5, 5.41) is 6.45. The van der Waals surface area contributed by atoms with Gasteiger partial charge in [0.1, 0.15) is 12.4 Å². The number of hydrogen-bond acceptors (Lipinski definition) is 5. The van der Waals surface area contributed by atoms with Crippen molar-refractivity contribution < 1.29 is 14.3 Å². The van der Waals surface area contributed by atoms with Crippen LogP contribution in [0.25, 0.3) is 0 Å². The maximum atomic E-state index is 12.5. The van der Waals surface area contributed by atoms with Crippen LogP contribution < -0.4 is 15.4 Å². The third-order valence-corrected chi connectivity index (χ3v) is 5.44. The van der Waals surface area contributed by atoms with Crippen LogP contribution >= 0.6 is 12.2 Å². The molecule has 0 aromatic heterocycles. The number of thiocarbonyl (C=S) groups is 1. The van der Waals surface area contributed by atoms with E-state index in [2.05, 4.69) is 39.8 Å². The molecule has 166 valence electrons. The van der Waals surface area contributed by atoms with Gasteiger partial charge in [-0.15, -0.1) is 0 Å². The first kappa shape index (κ1) is 23.2. The van der Waals surface area contributed by atoms with Gasteiger partial charge in [-0.3, -0.25) is 15.0 Å². The van der Waals surface area contributed by atoms with Crippen molar-refractivity contribution in [3.63, 3.8) is 0 Å². The molecular formula is C24H31N3O3S. The Kier molecular flexibility index (Phi) is 9.27. The summed E-state index contributed by atoms with van der Waals surface area (Å²) in [6.45, 7) is 6.63. The molecule has 2 aromatic carbocycles. The van der Waals surface area contributed by atoms with E-state index in [-0.39, 0.29) is 11.9 Å². The molecule has 0 atom stereocenters. The molecule has 0 bridgehead atoms. The molecule has 2 aromatic rings. The third kappa shape index (κ3) is 7.94. The molecule has 31 heavy (non-hydrogen) atoms. The van der Waals surface area contributed by atoms with Crippen molar-refractivity contribution in [1.29, 1.82) is 0 Å². The average Bonchev–Trinajstić information content (AvgIpc) is 2.79. The Labute approximate surface area is 189 Å². The van der Waals surface area contributed by atoms with Crippen molar-refractivity contribution in [3.8, 4) is 5.75 Å². The lowest BCUT2D eigenvalue weighted by molar-refractivity contribution is 0.0975. The Hall–Kier alpha value is -2.48. The number of amides is 1. The van der Waals surface area contributed by atoms with E-state index in [4.69, 9.17) is 21.7 Å². The van der Waals surface area contributed by atoms with Gasteiger partial charge >= 0.3 is 0 Å². The van der Waals surface area contributed by atoms with E-state index >= 15 is 0 Å². The topological polar surface area (TPSA) is 62.8 Å². The van der Waals surface area contributed by atoms with E-state index in [1.807, 2.05) is 13.0 Å². The zero-order valence-corrected chi connectivity index (χ0v) is 18.8. The molecule has 7 heteroatoms. The molecule has 0 radical (unpaired) electrons. The standard InChI is InChI=1S/C24H31N3O3S/c1-2-29-16-17-30-22-10-8-20(9-11-22)23(28)26-24(31)25-21-12-14-27(15-13-21)18-19-6-4-3-5-7-19/h3-11,21H,2,12-18H2,1H3,(H2,25,26,28,31). The highest BCUT2D eigenvalue weighted by Gasteiger charge is 2.20. The predicted molar refractivity (Wildman–Crippen MR) is 126 cm³/mol. The van der Waals surface area contributed by atoms with Crippen LogP contribution in [0.5, 0.6) is 5.75 Å². The summed E-state index contributed by atoms with van der Waals surface area (Å²) < 4.78 is 10.8. The first-order valence-corrected chi connectivity index (χ1v) is 11.2. The van der Waals surface area contributed by atoms with Crippen LogP contribution in [0.3, 0.4) is 0 Å². The summed E-state index contributed by atoms with van der Waals surface area (Å²) in [5.41, 5.74) is 1.88. The predicted octanol–water partition coefficient (Wildman–Crippen LogP) is 3.37. The summed E-state index contributed by atoms with van der Waals surface area (Å²) in [6, 6.07) is 17.8. The maximum absolute atomic E-state index is 12.5. The molecule has 1 aliphatic heterocycles. The Balaban J connectivity index is 1.37. The van der Waals surface area contributed by atoms with E-state index in [1.54, 1.807) is 24.3 Å². The normalized spacial score (nSPS) is 14.7. The first-order chi connectivity index (χ1) is 15.1. The van der Waals surface area contributed by atoms with Crippen molar-refractivity contribution >= 4 is 23.2 Å².